The van der Waals surface area contributed by atoms with Gasteiger partial charge in [0, 0.05) is 11.1 Å². The Balaban J connectivity index is 2.54. The van der Waals surface area contributed by atoms with Gasteiger partial charge in [-0.3, -0.25) is 0 Å². The van der Waals surface area contributed by atoms with Crippen molar-refractivity contribution in [3.05, 3.63) is 69.9 Å². The summed E-state index contributed by atoms with van der Waals surface area (Å²) >= 11 is 0. The molecule has 0 atom stereocenters. The van der Waals surface area contributed by atoms with Crippen LogP contribution < -0.4 is 0 Å². The summed E-state index contributed by atoms with van der Waals surface area (Å²) in [6.07, 6.45) is 14.3. The van der Waals surface area contributed by atoms with Gasteiger partial charge in [-0.1, -0.05) is 41.0 Å². The third kappa shape index (κ3) is 10.5. The van der Waals surface area contributed by atoms with E-state index < -0.39 is 0 Å². The van der Waals surface area contributed by atoms with Crippen LogP contribution in [0.3, 0.4) is 0 Å². The second kappa shape index (κ2) is 14.3. The van der Waals surface area contributed by atoms with Gasteiger partial charge in [-0.15, -0.1) is 0 Å². The van der Waals surface area contributed by atoms with Crippen LogP contribution in [0.25, 0.3) is 0 Å². The van der Waals surface area contributed by atoms with Gasteiger partial charge in [-0.05, 0) is 97.3 Å². The summed E-state index contributed by atoms with van der Waals surface area (Å²) in [4.78, 5) is 12.0. The number of allylic oxidation sites excluding steroid dienone is 7. The first kappa shape index (κ1) is 27.3. The quantitative estimate of drug-likeness (QED) is 0.155. The van der Waals surface area contributed by atoms with Crippen LogP contribution in [0, 0.1) is 6.92 Å². The van der Waals surface area contributed by atoms with Crippen molar-refractivity contribution in [3.63, 3.8) is 0 Å². The highest BCUT2D eigenvalue weighted by Crippen LogP contribution is 2.28. The van der Waals surface area contributed by atoms with Crippen LogP contribution in [-0.4, -0.2) is 23.3 Å². The van der Waals surface area contributed by atoms with E-state index in [4.69, 9.17) is 4.74 Å². The Morgan fingerprint density at radius 1 is 0.875 bits per heavy atom. The maximum Gasteiger partial charge on any atom is 0.333 e. The molecular formula is C28H40O4. The van der Waals surface area contributed by atoms with Crippen molar-refractivity contribution in [3.8, 4) is 11.5 Å². The van der Waals surface area contributed by atoms with E-state index in [-0.39, 0.29) is 17.5 Å². The summed E-state index contributed by atoms with van der Waals surface area (Å²) in [7, 11) is 1.43. The smallest absolute Gasteiger partial charge is 0.333 e. The number of phenolic OH excluding ortho intramolecular Hbond substituents is 2. The number of aryl methyl sites for hydroxylation is 1. The lowest BCUT2D eigenvalue weighted by Gasteiger charge is -2.07. The van der Waals surface area contributed by atoms with E-state index in [9.17, 15) is 15.0 Å². The van der Waals surface area contributed by atoms with Gasteiger partial charge in [-0.2, -0.15) is 0 Å². The van der Waals surface area contributed by atoms with Crippen molar-refractivity contribution in [1.29, 1.82) is 0 Å². The average Bonchev–Trinajstić information content (AvgIpc) is 2.73. The number of hydrogen-bond acceptors (Lipinski definition) is 4. The second-order valence-corrected chi connectivity index (χ2v) is 8.69. The zero-order valence-corrected chi connectivity index (χ0v) is 20.6. The molecule has 0 aromatic heterocycles. The van der Waals surface area contributed by atoms with Crippen molar-refractivity contribution < 1.29 is 19.7 Å². The van der Waals surface area contributed by atoms with Gasteiger partial charge in [-0.25, -0.2) is 4.79 Å². The summed E-state index contributed by atoms with van der Waals surface area (Å²) in [5, 5.41) is 19.9. The standard InChI is InChI=1S/C28H40O4/c1-20(2)10-7-14-24(28(31)32-6)15-9-13-21(3)11-8-12-22(4)16-17-25-19-26(29)18-23(5)27(25)30/h10-11,15-16,18-19,29-30H,7-9,12-14,17H2,1-6H3/b21-11+,22-16+,24-15+. The molecule has 0 amide bonds. The van der Waals surface area contributed by atoms with E-state index in [1.54, 1.807) is 19.1 Å². The molecule has 0 bridgehead atoms. The SMILES string of the molecule is COC(=O)/C(=C/CC/C(C)=C/CC/C(C)=C/Cc1cc(O)cc(C)c1O)CCC=C(C)C. The topological polar surface area (TPSA) is 66.8 Å². The zero-order chi connectivity index (χ0) is 24.1. The van der Waals surface area contributed by atoms with Crippen molar-refractivity contribution in [2.75, 3.05) is 7.11 Å². The molecule has 0 saturated carbocycles. The maximum absolute atomic E-state index is 12.0. The molecule has 0 fully saturated rings. The molecule has 32 heavy (non-hydrogen) atoms. The van der Waals surface area contributed by atoms with Crippen LogP contribution >= 0.6 is 0 Å². The van der Waals surface area contributed by atoms with E-state index >= 15 is 0 Å². The van der Waals surface area contributed by atoms with Crippen LogP contribution in [-0.2, 0) is 16.0 Å². The molecule has 176 valence electrons. The fourth-order valence-electron chi connectivity index (χ4n) is 3.43. The molecule has 0 saturated heterocycles. The number of methoxy groups -OCH3 is 1. The summed E-state index contributed by atoms with van der Waals surface area (Å²) in [6.45, 7) is 10.1. The summed E-state index contributed by atoms with van der Waals surface area (Å²) in [5.74, 6) is 0.201. The fraction of sp³-hybridized carbons (Fsp3) is 0.464. The average molecular weight is 441 g/mol. The Kier molecular flexibility index (Phi) is 12.2. The van der Waals surface area contributed by atoms with Crippen molar-refractivity contribution in [1.82, 2.24) is 0 Å². The van der Waals surface area contributed by atoms with Gasteiger partial charge in [0.05, 0.1) is 7.11 Å². The molecule has 0 aliphatic rings. The molecule has 4 heteroatoms. The molecule has 0 unspecified atom stereocenters. The third-order valence-electron chi connectivity index (χ3n) is 5.41. The minimum Gasteiger partial charge on any atom is -0.508 e. The van der Waals surface area contributed by atoms with Crippen molar-refractivity contribution in [2.45, 2.75) is 79.6 Å². The number of ether oxygens (including phenoxy) is 1. The van der Waals surface area contributed by atoms with E-state index in [1.165, 1.54) is 23.8 Å². The number of carbonyl (C=O) groups excluding carboxylic acids is 1. The number of carbonyl (C=O) groups is 1. The maximum atomic E-state index is 12.0. The highest BCUT2D eigenvalue weighted by Gasteiger charge is 2.08. The molecule has 1 aromatic carbocycles. The van der Waals surface area contributed by atoms with Crippen molar-refractivity contribution in [2.24, 2.45) is 0 Å². The number of esters is 1. The first-order chi connectivity index (χ1) is 15.1. The van der Waals surface area contributed by atoms with E-state index in [0.717, 1.165) is 43.2 Å². The molecule has 0 radical (unpaired) electrons. The van der Waals surface area contributed by atoms with Gasteiger partial charge in [0.25, 0.3) is 0 Å². The fourth-order valence-corrected chi connectivity index (χ4v) is 3.43. The van der Waals surface area contributed by atoms with Gasteiger partial charge >= 0.3 is 5.97 Å². The molecular weight excluding hydrogens is 400 g/mol. The molecule has 2 N–H and O–H groups in total. The lowest BCUT2D eigenvalue weighted by Crippen LogP contribution is -2.04. The normalized spacial score (nSPS) is 12.6. The van der Waals surface area contributed by atoms with E-state index in [0.29, 0.717) is 18.4 Å². The summed E-state index contributed by atoms with van der Waals surface area (Å²) in [5.41, 5.74) is 6.00. The molecule has 4 nitrogen and oxygen atoms in total. The molecule has 0 aliphatic heterocycles. The highest BCUT2D eigenvalue weighted by atomic mass is 16.5. The number of benzene rings is 1. The van der Waals surface area contributed by atoms with Crippen LogP contribution in [0.5, 0.6) is 11.5 Å². The predicted molar refractivity (Wildman–Crippen MR) is 133 cm³/mol. The van der Waals surface area contributed by atoms with Gasteiger partial charge < -0.3 is 14.9 Å². The highest BCUT2D eigenvalue weighted by molar-refractivity contribution is 5.88. The lowest BCUT2D eigenvalue weighted by molar-refractivity contribution is -0.136. The Bertz CT molecular complexity index is 881. The molecule has 1 rings (SSSR count). The predicted octanol–water partition coefficient (Wildman–Crippen LogP) is 7.25. The zero-order valence-electron chi connectivity index (χ0n) is 20.6. The minimum absolute atomic E-state index is 0.182. The first-order valence-electron chi connectivity index (χ1n) is 11.4. The molecule has 0 aliphatic carbocycles. The Morgan fingerprint density at radius 3 is 2.09 bits per heavy atom. The molecule has 1 aromatic rings. The van der Waals surface area contributed by atoms with E-state index in [2.05, 4.69) is 45.9 Å². The Morgan fingerprint density at radius 2 is 1.47 bits per heavy atom. The second-order valence-electron chi connectivity index (χ2n) is 8.69. The monoisotopic (exact) mass is 440 g/mol. The minimum atomic E-state index is -0.234. The molecule has 0 spiro atoms. The van der Waals surface area contributed by atoms with Gasteiger partial charge in [0.1, 0.15) is 11.5 Å². The van der Waals surface area contributed by atoms with Crippen LogP contribution in [0.1, 0.15) is 77.3 Å². The van der Waals surface area contributed by atoms with Crippen molar-refractivity contribution >= 4 is 5.97 Å². The number of phenols is 2. The third-order valence-corrected chi connectivity index (χ3v) is 5.41. The molecule has 0 heterocycles. The summed E-state index contributed by atoms with van der Waals surface area (Å²) < 4.78 is 4.92. The van der Waals surface area contributed by atoms with Gasteiger partial charge in [0.2, 0.25) is 0 Å². The lowest BCUT2D eigenvalue weighted by atomic mass is 10.0. The van der Waals surface area contributed by atoms with Crippen LogP contribution in [0.15, 0.2) is 58.7 Å². The number of rotatable bonds is 12. The van der Waals surface area contributed by atoms with Crippen LogP contribution in [0.4, 0.5) is 0 Å². The first-order valence-corrected chi connectivity index (χ1v) is 11.4. The number of hydrogen-bond donors (Lipinski definition) is 2. The number of aromatic hydroxyl groups is 2. The Hall–Kier alpha value is -2.75. The van der Waals surface area contributed by atoms with E-state index in [1.807, 2.05) is 6.08 Å². The largest absolute Gasteiger partial charge is 0.508 e. The summed E-state index contributed by atoms with van der Waals surface area (Å²) in [6, 6.07) is 3.18. The van der Waals surface area contributed by atoms with Crippen LogP contribution in [0.2, 0.25) is 0 Å². The van der Waals surface area contributed by atoms with Gasteiger partial charge in [0.15, 0.2) is 0 Å². The Labute approximate surface area is 194 Å².